The van der Waals surface area contributed by atoms with Gasteiger partial charge in [0.25, 0.3) is 0 Å². The van der Waals surface area contributed by atoms with E-state index in [1.165, 1.54) is 0 Å². The van der Waals surface area contributed by atoms with E-state index in [1.54, 1.807) is 11.3 Å². The van der Waals surface area contributed by atoms with Crippen LogP contribution in [0.2, 0.25) is 0 Å². The molecule has 0 N–H and O–H groups in total. The maximum atomic E-state index is 5.03. The fourth-order valence-electron chi connectivity index (χ4n) is 6.02. The molecule has 0 fully saturated rings. The van der Waals surface area contributed by atoms with Crippen LogP contribution in [-0.2, 0) is 0 Å². The van der Waals surface area contributed by atoms with E-state index in [9.17, 15) is 0 Å². The summed E-state index contributed by atoms with van der Waals surface area (Å²) in [7, 11) is 0. The molecule has 7 heteroatoms. The number of fused-ring (bicyclic) bond motifs is 3. The first kappa shape index (κ1) is 28.8. The molecule has 0 aliphatic heterocycles. The van der Waals surface area contributed by atoms with Crippen molar-refractivity contribution in [1.82, 2.24) is 29.9 Å². The van der Waals surface area contributed by atoms with Crippen LogP contribution < -0.4 is 0 Å². The Morgan fingerprint density at radius 3 is 1.16 bits per heavy atom. The first-order valence-corrected chi connectivity index (χ1v) is 16.8. The third-order valence-electron chi connectivity index (χ3n) is 8.39. The van der Waals surface area contributed by atoms with E-state index in [-0.39, 0.29) is 0 Å². The number of aromatic nitrogens is 6. The highest BCUT2D eigenvalue weighted by Crippen LogP contribution is 2.41. The van der Waals surface area contributed by atoms with Gasteiger partial charge in [0.2, 0.25) is 0 Å². The lowest BCUT2D eigenvalue weighted by molar-refractivity contribution is 1.07. The Bertz CT molecular complexity index is 2470. The van der Waals surface area contributed by atoms with Crippen LogP contribution in [0, 0.1) is 0 Å². The average Bonchev–Trinajstić information content (AvgIpc) is 3.57. The van der Waals surface area contributed by atoms with E-state index >= 15 is 0 Å². The van der Waals surface area contributed by atoms with Crippen LogP contribution in [0.15, 0.2) is 158 Å². The van der Waals surface area contributed by atoms with Gasteiger partial charge in [-0.15, -0.1) is 11.3 Å². The maximum Gasteiger partial charge on any atom is 0.164 e. The van der Waals surface area contributed by atoms with E-state index in [0.717, 1.165) is 53.6 Å². The van der Waals surface area contributed by atoms with Gasteiger partial charge in [-0.25, -0.2) is 29.9 Å². The van der Waals surface area contributed by atoms with Crippen molar-refractivity contribution in [3.63, 3.8) is 0 Å². The Hall–Kier alpha value is -6.44. The number of hydrogen-bond donors (Lipinski definition) is 0. The fraction of sp³-hybridized carbons (Fsp3) is 0. The zero-order valence-corrected chi connectivity index (χ0v) is 26.9. The monoisotopic (exact) mass is 646 g/mol. The van der Waals surface area contributed by atoms with Crippen molar-refractivity contribution in [1.29, 1.82) is 0 Å². The summed E-state index contributed by atoms with van der Waals surface area (Å²) in [6.07, 6.45) is 0. The number of hydrogen-bond acceptors (Lipinski definition) is 7. The summed E-state index contributed by atoms with van der Waals surface area (Å²) in [4.78, 5) is 29.7. The third kappa shape index (κ3) is 5.52. The quantitative estimate of drug-likeness (QED) is 0.179. The Morgan fingerprint density at radius 1 is 0.306 bits per heavy atom. The first-order valence-electron chi connectivity index (χ1n) is 16.0. The molecular formula is C42H26N6S. The van der Waals surface area contributed by atoms with Crippen LogP contribution in [0.5, 0.6) is 0 Å². The molecular weight excluding hydrogens is 621 g/mol. The van der Waals surface area contributed by atoms with Crippen molar-refractivity contribution < 1.29 is 0 Å². The van der Waals surface area contributed by atoms with Crippen molar-refractivity contribution in [2.75, 3.05) is 0 Å². The lowest BCUT2D eigenvalue weighted by atomic mass is 10.0. The summed E-state index contributed by atoms with van der Waals surface area (Å²) in [5.74, 6) is 3.83. The van der Waals surface area contributed by atoms with E-state index in [1.807, 2.05) is 121 Å². The average molecular weight is 647 g/mol. The lowest BCUT2D eigenvalue weighted by Gasteiger charge is -2.10. The molecule has 0 radical (unpaired) electrons. The van der Waals surface area contributed by atoms with Crippen LogP contribution in [0.1, 0.15) is 0 Å². The second-order valence-corrected chi connectivity index (χ2v) is 12.7. The molecule has 9 rings (SSSR count). The maximum absolute atomic E-state index is 5.03. The highest BCUT2D eigenvalue weighted by atomic mass is 32.1. The smallest absolute Gasteiger partial charge is 0.164 e. The molecule has 0 bridgehead atoms. The third-order valence-corrected chi connectivity index (χ3v) is 9.51. The zero-order valence-electron chi connectivity index (χ0n) is 26.1. The number of rotatable bonds is 6. The second-order valence-electron chi connectivity index (χ2n) is 11.6. The Balaban J connectivity index is 1.20. The molecule has 3 aromatic heterocycles. The van der Waals surface area contributed by atoms with Crippen LogP contribution in [0.3, 0.4) is 0 Å². The van der Waals surface area contributed by atoms with Crippen LogP contribution in [0.25, 0.3) is 88.5 Å². The predicted octanol–water partition coefficient (Wildman–Crippen LogP) is 10.4. The number of benzene rings is 6. The summed E-state index contributed by atoms with van der Waals surface area (Å²) in [5.41, 5.74) is 5.66. The summed E-state index contributed by atoms with van der Waals surface area (Å²) < 4.78 is 2.28. The van der Waals surface area contributed by atoms with Crippen LogP contribution >= 0.6 is 11.3 Å². The van der Waals surface area contributed by atoms with Crippen molar-refractivity contribution in [2.24, 2.45) is 0 Å². The van der Waals surface area contributed by atoms with Crippen molar-refractivity contribution in [2.45, 2.75) is 0 Å². The van der Waals surface area contributed by atoms with Gasteiger partial charge >= 0.3 is 0 Å². The molecule has 0 amide bonds. The largest absolute Gasteiger partial charge is 0.208 e. The normalized spacial score (nSPS) is 11.3. The lowest BCUT2D eigenvalue weighted by Crippen LogP contribution is -2.00. The highest BCUT2D eigenvalue weighted by Gasteiger charge is 2.18. The summed E-state index contributed by atoms with van der Waals surface area (Å²) in [6, 6.07) is 53.0. The highest BCUT2D eigenvalue weighted by molar-refractivity contribution is 7.26. The standard InChI is InChI=1S/C42H26N6S/c1-5-14-27(15-6-1)37-43-38(28-16-7-2-8-17-28)46-41(45-37)31-24-25-32-35(26-31)49-34-23-13-22-33(36(32)34)42-47-39(29-18-9-3-10-19-29)44-40(48-42)30-20-11-4-12-21-30/h1-26H. The Labute approximate surface area is 286 Å². The summed E-state index contributed by atoms with van der Waals surface area (Å²) >= 11 is 1.74. The zero-order chi connectivity index (χ0) is 32.6. The molecule has 6 aromatic carbocycles. The molecule has 0 spiro atoms. The molecule has 49 heavy (non-hydrogen) atoms. The summed E-state index contributed by atoms with van der Waals surface area (Å²) in [6.45, 7) is 0. The van der Waals surface area contributed by atoms with Crippen molar-refractivity contribution in [3.05, 3.63) is 158 Å². The van der Waals surface area contributed by atoms with Gasteiger partial charge in [-0.2, -0.15) is 0 Å². The molecule has 0 unspecified atom stereocenters. The van der Waals surface area contributed by atoms with Gasteiger partial charge in [0.15, 0.2) is 34.9 Å². The molecule has 0 saturated heterocycles. The van der Waals surface area contributed by atoms with Gasteiger partial charge in [0.05, 0.1) is 0 Å². The van der Waals surface area contributed by atoms with Gasteiger partial charge in [0.1, 0.15) is 0 Å². The van der Waals surface area contributed by atoms with Gasteiger partial charge in [0, 0.05) is 53.6 Å². The molecule has 0 aliphatic carbocycles. The minimum atomic E-state index is 0.629. The SMILES string of the molecule is c1ccc(-c2nc(-c3ccccc3)nc(-c3ccc4c(c3)sc3cccc(-c5nc(-c6ccccc6)nc(-c6ccccc6)n5)c34)n2)cc1. The first-order chi connectivity index (χ1) is 24.3. The fourth-order valence-corrected chi connectivity index (χ4v) is 7.19. The van der Waals surface area contributed by atoms with E-state index in [2.05, 4.69) is 36.4 Å². The molecule has 3 heterocycles. The molecule has 9 aromatic rings. The second kappa shape index (κ2) is 12.3. The molecule has 0 aliphatic rings. The van der Waals surface area contributed by atoms with E-state index in [0.29, 0.717) is 34.9 Å². The van der Waals surface area contributed by atoms with Gasteiger partial charge in [-0.05, 0) is 12.1 Å². The molecule has 230 valence electrons. The molecule has 0 saturated carbocycles. The van der Waals surface area contributed by atoms with Crippen molar-refractivity contribution in [3.8, 4) is 68.3 Å². The Morgan fingerprint density at radius 2 is 0.714 bits per heavy atom. The van der Waals surface area contributed by atoms with Gasteiger partial charge in [-0.1, -0.05) is 146 Å². The topological polar surface area (TPSA) is 77.3 Å². The van der Waals surface area contributed by atoms with Crippen LogP contribution in [-0.4, -0.2) is 29.9 Å². The molecule has 6 nitrogen and oxygen atoms in total. The minimum Gasteiger partial charge on any atom is -0.208 e. The van der Waals surface area contributed by atoms with Crippen molar-refractivity contribution >= 4 is 31.5 Å². The van der Waals surface area contributed by atoms with Gasteiger partial charge < -0.3 is 0 Å². The predicted molar refractivity (Wildman–Crippen MR) is 199 cm³/mol. The molecule has 0 atom stereocenters. The van der Waals surface area contributed by atoms with Gasteiger partial charge in [-0.3, -0.25) is 0 Å². The summed E-state index contributed by atoms with van der Waals surface area (Å²) in [5, 5.41) is 2.24. The van der Waals surface area contributed by atoms with E-state index < -0.39 is 0 Å². The number of thiophene rings is 1. The van der Waals surface area contributed by atoms with E-state index in [4.69, 9.17) is 29.9 Å². The minimum absolute atomic E-state index is 0.629. The van der Waals surface area contributed by atoms with Crippen LogP contribution in [0.4, 0.5) is 0 Å². The number of nitrogens with zero attached hydrogens (tertiary/aromatic N) is 6. The Kier molecular flexibility index (Phi) is 7.22.